The first-order valence-electron chi connectivity index (χ1n) is 8.51. The van der Waals surface area contributed by atoms with Crippen molar-refractivity contribution in [2.45, 2.75) is 12.8 Å². The van der Waals surface area contributed by atoms with E-state index in [2.05, 4.69) is 52.3 Å². The van der Waals surface area contributed by atoms with Gasteiger partial charge in [-0.2, -0.15) is 0 Å². The van der Waals surface area contributed by atoms with Gasteiger partial charge in [-0.15, -0.1) is 0 Å². The maximum Gasteiger partial charge on any atom is 0.225 e. The summed E-state index contributed by atoms with van der Waals surface area (Å²) in [5.41, 5.74) is 2.05. The molecule has 0 radical (unpaired) electrons. The second kappa shape index (κ2) is 6.57. The molecule has 0 bridgehead atoms. The van der Waals surface area contributed by atoms with E-state index in [1.165, 1.54) is 10.8 Å². The summed E-state index contributed by atoms with van der Waals surface area (Å²) in [6.45, 7) is 2.02. The van der Waals surface area contributed by atoms with Crippen LogP contribution in [0.15, 0.2) is 54.7 Å². The molecular weight excluding hydrogens is 298 g/mol. The Morgan fingerprint density at radius 2 is 1.96 bits per heavy atom. The average molecular weight is 319 g/mol. The number of nitrogens with zero attached hydrogens (tertiary/aromatic N) is 3. The molecule has 1 aliphatic rings. The Bertz CT molecular complexity index is 849. The molecule has 2 heterocycles. The smallest absolute Gasteiger partial charge is 0.225 e. The third-order valence-electron chi connectivity index (χ3n) is 4.75. The zero-order valence-electron chi connectivity index (χ0n) is 13.6. The Morgan fingerprint density at radius 3 is 2.83 bits per heavy atom. The Hall–Kier alpha value is -2.46. The number of piperidine rings is 1. The van der Waals surface area contributed by atoms with Gasteiger partial charge in [0.1, 0.15) is 0 Å². The molecule has 2 aromatic carbocycles. The Labute approximate surface area is 141 Å². The summed E-state index contributed by atoms with van der Waals surface area (Å²) in [4.78, 5) is 11.4. The van der Waals surface area contributed by atoms with Gasteiger partial charge in [0.05, 0.1) is 5.69 Å². The molecule has 4 heteroatoms. The first kappa shape index (κ1) is 15.1. The van der Waals surface area contributed by atoms with Gasteiger partial charge in [0.25, 0.3) is 0 Å². The van der Waals surface area contributed by atoms with Gasteiger partial charge >= 0.3 is 0 Å². The van der Waals surface area contributed by atoms with Crippen LogP contribution in [-0.2, 0) is 0 Å². The lowest BCUT2D eigenvalue weighted by molar-refractivity contribution is 0.208. The molecule has 0 saturated carbocycles. The number of aliphatic hydroxyl groups is 1. The Balaban J connectivity index is 1.66. The summed E-state index contributed by atoms with van der Waals surface area (Å²) < 4.78 is 0. The van der Waals surface area contributed by atoms with E-state index in [1.54, 1.807) is 0 Å². The highest BCUT2D eigenvalue weighted by molar-refractivity contribution is 5.86. The minimum atomic E-state index is 0.237. The zero-order valence-corrected chi connectivity index (χ0v) is 13.6. The van der Waals surface area contributed by atoms with Crippen LogP contribution in [0.2, 0.25) is 0 Å². The molecule has 4 rings (SSSR count). The van der Waals surface area contributed by atoms with Crippen molar-refractivity contribution in [2.24, 2.45) is 5.92 Å². The molecule has 0 amide bonds. The SMILES string of the molecule is OC[C@@H]1CCCN(c2nccc(-c3ccc4ccccc4c3)n2)C1. The Morgan fingerprint density at radius 1 is 1.08 bits per heavy atom. The second-order valence-corrected chi connectivity index (χ2v) is 6.44. The lowest BCUT2D eigenvalue weighted by atomic mass is 9.99. The van der Waals surface area contributed by atoms with Crippen LogP contribution in [0.4, 0.5) is 5.95 Å². The third kappa shape index (κ3) is 2.97. The predicted molar refractivity (Wildman–Crippen MR) is 97.0 cm³/mol. The van der Waals surface area contributed by atoms with E-state index in [1.807, 2.05) is 12.3 Å². The van der Waals surface area contributed by atoms with Crippen LogP contribution in [0.5, 0.6) is 0 Å². The first-order chi connectivity index (χ1) is 11.8. The minimum Gasteiger partial charge on any atom is -0.396 e. The van der Waals surface area contributed by atoms with Crippen molar-refractivity contribution in [3.63, 3.8) is 0 Å². The van der Waals surface area contributed by atoms with E-state index in [9.17, 15) is 5.11 Å². The van der Waals surface area contributed by atoms with E-state index in [-0.39, 0.29) is 6.61 Å². The molecule has 1 aromatic heterocycles. The van der Waals surface area contributed by atoms with E-state index >= 15 is 0 Å². The van der Waals surface area contributed by atoms with Crippen molar-refractivity contribution in [2.75, 3.05) is 24.6 Å². The molecule has 1 N–H and O–H groups in total. The highest BCUT2D eigenvalue weighted by Crippen LogP contribution is 2.25. The number of fused-ring (bicyclic) bond motifs is 1. The third-order valence-corrected chi connectivity index (χ3v) is 4.75. The molecule has 1 aliphatic heterocycles. The van der Waals surface area contributed by atoms with Gasteiger partial charge in [0.2, 0.25) is 5.95 Å². The number of anilines is 1. The number of benzene rings is 2. The second-order valence-electron chi connectivity index (χ2n) is 6.44. The number of hydrogen-bond acceptors (Lipinski definition) is 4. The van der Waals surface area contributed by atoms with E-state index in [4.69, 9.17) is 4.98 Å². The molecule has 1 atom stereocenters. The molecule has 1 saturated heterocycles. The normalized spacial score (nSPS) is 18.0. The largest absolute Gasteiger partial charge is 0.396 e. The predicted octanol–water partition coefficient (Wildman–Crippen LogP) is 3.51. The lowest BCUT2D eigenvalue weighted by Gasteiger charge is -2.31. The van der Waals surface area contributed by atoms with E-state index in [0.29, 0.717) is 5.92 Å². The van der Waals surface area contributed by atoms with Crippen LogP contribution in [0.3, 0.4) is 0 Å². The molecule has 3 aromatic rings. The minimum absolute atomic E-state index is 0.237. The maximum absolute atomic E-state index is 9.42. The van der Waals surface area contributed by atoms with E-state index < -0.39 is 0 Å². The standard InChI is InChI=1S/C20H21N3O/c24-14-15-4-3-11-23(13-15)20-21-10-9-19(22-20)18-8-7-16-5-1-2-6-17(16)12-18/h1-2,5-10,12,15,24H,3-4,11,13-14H2/t15-/m1/s1. The van der Waals surface area contributed by atoms with Crippen LogP contribution in [0.25, 0.3) is 22.0 Å². The summed E-state index contributed by atoms with van der Waals surface area (Å²) in [5.74, 6) is 1.09. The molecule has 0 aliphatic carbocycles. The maximum atomic E-state index is 9.42. The number of rotatable bonds is 3. The van der Waals surface area contributed by atoms with Crippen molar-refractivity contribution in [1.82, 2.24) is 9.97 Å². The van der Waals surface area contributed by atoms with Gasteiger partial charge in [-0.25, -0.2) is 9.97 Å². The van der Waals surface area contributed by atoms with Crippen molar-refractivity contribution in [3.05, 3.63) is 54.7 Å². The molecule has 1 fully saturated rings. The summed E-state index contributed by atoms with van der Waals surface area (Å²) in [6, 6.07) is 16.7. The lowest BCUT2D eigenvalue weighted by Crippen LogP contribution is -2.37. The van der Waals surface area contributed by atoms with E-state index in [0.717, 1.165) is 43.1 Å². The topological polar surface area (TPSA) is 49.2 Å². The summed E-state index contributed by atoms with van der Waals surface area (Å²) in [6.07, 6.45) is 3.99. The van der Waals surface area contributed by atoms with Gasteiger partial charge < -0.3 is 10.0 Å². The van der Waals surface area contributed by atoms with Crippen LogP contribution < -0.4 is 4.90 Å². The summed E-state index contributed by atoms with van der Waals surface area (Å²) in [7, 11) is 0. The molecule has 0 spiro atoms. The fraction of sp³-hybridized carbons (Fsp3) is 0.300. The highest BCUT2D eigenvalue weighted by Gasteiger charge is 2.21. The quantitative estimate of drug-likeness (QED) is 0.802. The summed E-state index contributed by atoms with van der Waals surface area (Å²) >= 11 is 0. The molecular formula is C20H21N3O. The number of hydrogen-bond donors (Lipinski definition) is 1. The molecule has 122 valence electrons. The Kier molecular flexibility index (Phi) is 4.13. The van der Waals surface area contributed by atoms with Gasteiger partial charge in [0.15, 0.2) is 0 Å². The molecule has 0 unspecified atom stereocenters. The van der Waals surface area contributed by atoms with Crippen molar-refractivity contribution >= 4 is 16.7 Å². The van der Waals surface area contributed by atoms with Gasteiger partial charge in [-0.1, -0.05) is 36.4 Å². The van der Waals surface area contributed by atoms with Crippen LogP contribution in [-0.4, -0.2) is 34.8 Å². The average Bonchev–Trinajstić information content (AvgIpc) is 2.68. The number of aliphatic hydroxyl groups excluding tert-OH is 1. The summed E-state index contributed by atoms with van der Waals surface area (Å²) in [5, 5.41) is 11.9. The molecule has 4 nitrogen and oxygen atoms in total. The first-order valence-corrected chi connectivity index (χ1v) is 8.51. The van der Waals surface area contributed by atoms with Crippen LogP contribution in [0, 0.1) is 5.92 Å². The van der Waals surface area contributed by atoms with Gasteiger partial charge in [0, 0.05) is 31.5 Å². The van der Waals surface area contributed by atoms with Gasteiger partial charge in [-0.3, -0.25) is 0 Å². The monoisotopic (exact) mass is 319 g/mol. The molecule has 24 heavy (non-hydrogen) atoms. The highest BCUT2D eigenvalue weighted by atomic mass is 16.3. The van der Waals surface area contributed by atoms with Gasteiger partial charge in [-0.05, 0) is 41.7 Å². The fourth-order valence-electron chi connectivity index (χ4n) is 3.41. The zero-order chi connectivity index (χ0) is 16.4. The van der Waals surface area contributed by atoms with Crippen molar-refractivity contribution < 1.29 is 5.11 Å². The van der Waals surface area contributed by atoms with Crippen molar-refractivity contribution in [3.8, 4) is 11.3 Å². The fourth-order valence-corrected chi connectivity index (χ4v) is 3.41. The number of aromatic nitrogens is 2. The van der Waals surface area contributed by atoms with Crippen LogP contribution in [0.1, 0.15) is 12.8 Å². The van der Waals surface area contributed by atoms with Crippen molar-refractivity contribution in [1.29, 1.82) is 0 Å². The van der Waals surface area contributed by atoms with Crippen LogP contribution >= 0.6 is 0 Å².